The van der Waals surface area contributed by atoms with Gasteiger partial charge in [0, 0.05) is 19.2 Å². The molecule has 11 heteroatoms. The van der Waals surface area contributed by atoms with E-state index in [2.05, 4.69) is 4.98 Å². The fraction of sp³-hybridized carbons (Fsp3) is 0.417. The number of thiazole rings is 1. The van der Waals surface area contributed by atoms with Crippen molar-refractivity contribution in [2.24, 2.45) is 0 Å². The lowest BCUT2D eigenvalue weighted by molar-refractivity contribution is -0.121. The molecule has 2 heterocycles. The highest BCUT2D eigenvalue weighted by Gasteiger charge is 2.42. The lowest BCUT2D eigenvalue weighted by Gasteiger charge is -2.29. The highest BCUT2D eigenvalue weighted by atomic mass is 32.2. The van der Waals surface area contributed by atoms with Gasteiger partial charge in [-0.05, 0) is 65.0 Å². The summed E-state index contributed by atoms with van der Waals surface area (Å²) < 4.78 is 56.4. The molecule has 1 fully saturated rings. The molecule has 1 aliphatic rings. The lowest BCUT2D eigenvalue weighted by Crippen LogP contribution is -2.48. The summed E-state index contributed by atoms with van der Waals surface area (Å²) in [5.74, 6) is -1.92. The fourth-order valence-corrected chi connectivity index (χ4v) is 6.89. The van der Waals surface area contributed by atoms with E-state index in [0.29, 0.717) is 30.5 Å². The van der Waals surface area contributed by atoms with Crippen molar-refractivity contribution in [2.45, 2.75) is 37.1 Å². The Bertz CT molecular complexity index is 1330. The van der Waals surface area contributed by atoms with E-state index >= 15 is 0 Å². The fourth-order valence-electron chi connectivity index (χ4n) is 4.21. The van der Waals surface area contributed by atoms with Gasteiger partial charge in [-0.2, -0.15) is 4.31 Å². The molecule has 0 bridgehead atoms. The van der Waals surface area contributed by atoms with Crippen molar-refractivity contribution >= 4 is 42.6 Å². The first-order chi connectivity index (χ1) is 16.6. The Hall–Kier alpha value is -2.47. The van der Waals surface area contributed by atoms with Crippen LogP contribution in [0.5, 0.6) is 0 Å². The van der Waals surface area contributed by atoms with E-state index in [1.807, 2.05) is 25.9 Å². The van der Waals surface area contributed by atoms with Crippen molar-refractivity contribution < 1.29 is 22.0 Å². The van der Waals surface area contributed by atoms with Crippen LogP contribution >= 0.6 is 11.3 Å². The van der Waals surface area contributed by atoms with Crippen LogP contribution in [0.25, 0.3) is 10.2 Å². The third-order valence-corrected chi connectivity index (χ3v) is 8.95. The van der Waals surface area contributed by atoms with Crippen molar-refractivity contribution in [3.05, 3.63) is 53.6 Å². The van der Waals surface area contributed by atoms with Gasteiger partial charge >= 0.3 is 0 Å². The SMILES string of the molecule is Cc1ccc(S(=O)(=O)N2CCCC2C(=O)N(CCCN(C)C)c2nc3c(F)cc(F)cc3s2)cc1. The number of fused-ring (bicyclic) bond motifs is 1. The van der Waals surface area contributed by atoms with E-state index in [1.165, 1.54) is 15.3 Å². The summed E-state index contributed by atoms with van der Waals surface area (Å²) in [4.78, 5) is 21.6. The molecule has 3 aromatic rings. The number of carbonyl (C=O) groups excluding carboxylic acids is 1. The van der Waals surface area contributed by atoms with Crippen LogP contribution in [-0.4, -0.2) is 68.3 Å². The normalized spacial score (nSPS) is 16.9. The van der Waals surface area contributed by atoms with E-state index in [0.717, 1.165) is 23.0 Å². The van der Waals surface area contributed by atoms with Crippen LogP contribution in [0.4, 0.5) is 13.9 Å². The molecule has 2 aromatic carbocycles. The predicted octanol–water partition coefficient (Wildman–Crippen LogP) is 4.02. The predicted molar refractivity (Wildman–Crippen MR) is 133 cm³/mol. The van der Waals surface area contributed by atoms with Gasteiger partial charge in [-0.25, -0.2) is 22.2 Å². The zero-order chi connectivity index (χ0) is 25.3. The van der Waals surface area contributed by atoms with Gasteiger partial charge in [0.05, 0.1) is 9.60 Å². The number of anilines is 1. The highest BCUT2D eigenvalue weighted by Crippen LogP contribution is 2.34. The molecule has 1 aromatic heterocycles. The third kappa shape index (κ3) is 5.37. The summed E-state index contributed by atoms with van der Waals surface area (Å²) in [6.07, 6.45) is 1.53. The van der Waals surface area contributed by atoms with Gasteiger partial charge in [0.15, 0.2) is 10.9 Å². The number of hydrogen-bond donors (Lipinski definition) is 0. The second-order valence-electron chi connectivity index (χ2n) is 8.96. The number of carbonyl (C=O) groups is 1. The Labute approximate surface area is 208 Å². The largest absolute Gasteiger partial charge is 0.309 e. The summed E-state index contributed by atoms with van der Waals surface area (Å²) in [6.45, 7) is 3.07. The maximum atomic E-state index is 14.3. The molecule has 1 saturated heterocycles. The van der Waals surface area contributed by atoms with Crippen LogP contribution in [-0.2, 0) is 14.8 Å². The number of amides is 1. The zero-order valence-corrected chi connectivity index (χ0v) is 21.5. The van der Waals surface area contributed by atoms with Crippen molar-refractivity contribution in [3.8, 4) is 0 Å². The first-order valence-electron chi connectivity index (χ1n) is 11.4. The molecule has 188 valence electrons. The Balaban J connectivity index is 1.68. The van der Waals surface area contributed by atoms with Crippen molar-refractivity contribution in [3.63, 3.8) is 0 Å². The molecule has 35 heavy (non-hydrogen) atoms. The summed E-state index contributed by atoms with van der Waals surface area (Å²) >= 11 is 1.02. The third-order valence-electron chi connectivity index (χ3n) is 6.00. The molecule has 4 rings (SSSR count). The van der Waals surface area contributed by atoms with Crippen molar-refractivity contribution in [1.82, 2.24) is 14.2 Å². The van der Waals surface area contributed by atoms with Crippen molar-refractivity contribution in [2.75, 3.05) is 38.6 Å². The van der Waals surface area contributed by atoms with Crippen LogP contribution in [0.3, 0.4) is 0 Å². The molecule has 0 aliphatic carbocycles. The average molecular weight is 523 g/mol. The minimum Gasteiger partial charge on any atom is -0.309 e. The molecule has 0 saturated carbocycles. The Morgan fingerprint density at radius 3 is 2.57 bits per heavy atom. The summed E-state index contributed by atoms with van der Waals surface area (Å²) in [5, 5.41) is 0.229. The average Bonchev–Trinajstić information content (AvgIpc) is 3.44. The molecule has 0 N–H and O–H groups in total. The Kier molecular flexibility index (Phi) is 7.51. The van der Waals surface area contributed by atoms with Gasteiger partial charge in [0.1, 0.15) is 17.4 Å². The Morgan fingerprint density at radius 1 is 1.17 bits per heavy atom. The number of aryl methyl sites for hydroxylation is 1. The van der Waals surface area contributed by atoms with Crippen LogP contribution in [0.15, 0.2) is 41.3 Å². The highest BCUT2D eigenvalue weighted by molar-refractivity contribution is 7.89. The molecule has 1 amide bonds. The summed E-state index contributed by atoms with van der Waals surface area (Å²) in [7, 11) is -0.0621. The number of sulfonamides is 1. The molecule has 1 atom stereocenters. The second kappa shape index (κ2) is 10.3. The number of rotatable bonds is 8. The second-order valence-corrected chi connectivity index (χ2v) is 11.9. The number of hydrogen-bond acceptors (Lipinski definition) is 6. The molecular weight excluding hydrogens is 494 g/mol. The van der Waals surface area contributed by atoms with Gasteiger partial charge in [-0.3, -0.25) is 9.69 Å². The van der Waals surface area contributed by atoms with Gasteiger partial charge in [-0.15, -0.1) is 0 Å². The van der Waals surface area contributed by atoms with E-state index in [9.17, 15) is 22.0 Å². The minimum absolute atomic E-state index is 0.00707. The van der Waals surface area contributed by atoms with Gasteiger partial charge in [0.25, 0.3) is 0 Å². The number of nitrogens with zero attached hydrogens (tertiary/aromatic N) is 4. The van der Waals surface area contributed by atoms with Crippen LogP contribution in [0, 0.1) is 18.6 Å². The topological polar surface area (TPSA) is 73.8 Å². The smallest absolute Gasteiger partial charge is 0.247 e. The van der Waals surface area contributed by atoms with E-state index in [-0.39, 0.29) is 28.6 Å². The minimum atomic E-state index is -3.89. The van der Waals surface area contributed by atoms with Crippen LogP contribution in [0.2, 0.25) is 0 Å². The monoisotopic (exact) mass is 522 g/mol. The van der Waals surface area contributed by atoms with Crippen LogP contribution in [0.1, 0.15) is 24.8 Å². The maximum Gasteiger partial charge on any atom is 0.247 e. The molecule has 0 spiro atoms. The first kappa shape index (κ1) is 25.6. The molecule has 1 aliphatic heterocycles. The standard InChI is InChI=1S/C24H28F2N4O3S2/c1-16-7-9-18(10-8-16)35(32,33)30-13-4-6-20(30)23(31)29(12-5-11-28(2)3)24-27-22-19(26)14-17(25)15-21(22)34-24/h7-10,14-15,20H,4-6,11-13H2,1-3H3. The van der Waals surface area contributed by atoms with Crippen molar-refractivity contribution in [1.29, 1.82) is 0 Å². The number of aromatic nitrogens is 1. The van der Waals surface area contributed by atoms with Gasteiger partial charge in [0.2, 0.25) is 15.9 Å². The zero-order valence-electron chi connectivity index (χ0n) is 19.9. The lowest BCUT2D eigenvalue weighted by atomic mass is 10.2. The van der Waals surface area contributed by atoms with Gasteiger partial charge in [-0.1, -0.05) is 29.0 Å². The van der Waals surface area contributed by atoms with E-state index in [1.54, 1.807) is 24.3 Å². The maximum absolute atomic E-state index is 14.3. The molecule has 0 radical (unpaired) electrons. The van der Waals surface area contributed by atoms with E-state index < -0.39 is 33.6 Å². The van der Waals surface area contributed by atoms with Gasteiger partial charge < -0.3 is 4.90 Å². The first-order valence-corrected chi connectivity index (χ1v) is 13.6. The number of halogens is 2. The summed E-state index contributed by atoms with van der Waals surface area (Å²) in [6, 6.07) is 7.59. The number of benzene rings is 2. The molecule has 1 unspecified atom stereocenters. The van der Waals surface area contributed by atoms with Crippen LogP contribution < -0.4 is 4.90 Å². The summed E-state index contributed by atoms with van der Waals surface area (Å²) in [5.41, 5.74) is 0.928. The molecular formula is C24H28F2N4O3S2. The van der Waals surface area contributed by atoms with E-state index in [4.69, 9.17) is 0 Å². The quantitative estimate of drug-likeness (QED) is 0.447. The Morgan fingerprint density at radius 2 is 1.89 bits per heavy atom. The molecule has 7 nitrogen and oxygen atoms in total.